The fourth-order valence-electron chi connectivity index (χ4n) is 3.22. The van der Waals surface area contributed by atoms with Crippen molar-refractivity contribution >= 4 is 29.2 Å². The average Bonchev–Trinajstić information content (AvgIpc) is 3.16. The molecule has 0 aliphatic rings. The highest BCUT2D eigenvalue weighted by Gasteiger charge is 2.25. The number of carbonyl (C=O) groups is 2. The molecular formula is C25H29ClN4O2. The molecule has 1 N–H and O–H groups in total. The summed E-state index contributed by atoms with van der Waals surface area (Å²) in [4.78, 5) is 27.6. The van der Waals surface area contributed by atoms with Crippen LogP contribution >= 0.6 is 11.6 Å². The van der Waals surface area contributed by atoms with Crippen LogP contribution in [-0.2, 0) is 10.2 Å². The first-order chi connectivity index (χ1) is 15.1. The van der Waals surface area contributed by atoms with Gasteiger partial charge in [-0.25, -0.2) is 4.68 Å². The summed E-state index contributed by atoms with van der Waals surface area (Å²) < 4.78 is 1.72. The van der Waals surface area contributed by atoms with Gasteiger partial charge in [-0.05, 0) is 38.1 Å². The number of hydrogen-bond donors (Lipinski definition) is 1. The van der Waals surface area contributed by atoms with Crippen LogP contribution in [0.25, 0.3) is 5.69 Å². The normalized spacial score (nSPS) is 11.5. The number of hydrogen-bond acceptors (Lipinski definition) is 3. The zero-order valence-corrected chi connectivity index (χ0v) is 19.8. The number of aromatic nitrogens is 2. The van der Waals surface area contributed by atoms with Crippen LogP contribution in [0.1, 0.15) is 50.7 Å². The number of halogens is 1. The van der Waals surface area contributed by atoms with Gasteiger partial charge in [-0.1, -0.05) is 62.7 Å². The van der Waals surface area contributed by atoms with Crippen molar-refractivity contribution in [3.8, 4) is 5.69 Å². The lowest BCUT2D eigenvalue weighted by molar-refractivity contribution is -0.117. The highest BCUT2D eigenvalue weighted by Crippen LogP contribution is 2.26. The Labute approximate surface area is 194 Å². The zero-order valence-electron chi connectivity index (χ0n) is 19.1. The minimum absolute atomic E-state index is 0.105. The third kappa shape index (κ3) is 5.37. The summed E-state index contributed by atoms with van der Waals surface area (Å²) in [5, 5.41) is 8.02. The largest absolute Gasteiger partial charge is 0.327 e. The molecule has 0 fully saturated rings. The van der Waals surface area contributed by atoms with Gasteiger partial charge in [0.05, 0.1) is 22.0 Å². The maximum atomic E-state index is 13.1. The van der Waals surface area contributed by atoms with E-state index >= 15 is 0 Å². The minimum Gasteiger partial charge on any atom is -0.327 e. The first-order valence-corrected chi connectivity index (χ1v) is 11.0. The Morgan fingerprint density at radius 3 is 2.28 bits per heavy atom. The molecule has 0 bridgehead atoms. The number of amides is 2. The summed E-state index contributed by atoms with van der Waals surface area (Å²) in [7, 11) is 0. The molecular weight excluding hydrogens is 424 g/mol. The molecule has 2 aromatic carbocycles. The molecule has 2 amide bonds. The molecule has 3 aromatic rings. The van der Waals surface area contributed by atoms with Crippen LogP contribution in [-0.4, -0.2) is 39.1 Å². The van der Waals surface area contributed by atoms with Crippen LogP contribution in [0.15, 0.2) is 60.7 Å². The first-order valence-electron chi connectivity index (χ1n) is 10.6. The predicted octanol–water partition coefficient (Wildman–Crippen LogP) is 5.31. The maximum Gasteiger partial charge on any atom is 0.256 e. The topological polar surface area (TPSA) is 67.2 Å². The molecule has 0 atom stereocenters. The lowest BCUT2D eigenvalue weighted by Gasteiger charge is -2.26. The summed E-state index contributed by atoms with van der Waals surface area (Å²) >= 11 is 6.21. The SMILES string of the molecule is CC(C)N(CC(=O)Nc1cc(C(C)(C)C)nn1-c1ccccc1)C(=O)c1ccccc1Cl. The molecule has 1 aromatic heterocycles. The van der Waals surface area contributed by atoms with Gasteiger partial charge in [-0.15, -0.1) is 0 Å². The van der Waals surface area contributed by atoms with Crippen LogP contribution < -0.4 is 5.32 Å². The molecule has 7 heteroatoms. The Hall–Kier alpha value is -3.12. The Balaban J connectivity index is 1.86. The van der Waals surface area contributed by atoms with E-state index in [1.165, 1.54) is 4.90 Å². The van der Waals surface area contributed by atoms with Crippen molar-refractivity contribution in [2.24, 2.45) is 0 Å². The van der Waals surface area contributed by atoms with Crippen molar-refractivity contribution in [1.29, 1.82) is 0 Å². The quantitative estimate of drug-likeness (QED) is 0.550. The summed E-state index contributed by atoms with van der Waals surface area (Å²) in [5.41, 5.74) is 1.87. The Morgan fingerprint density at radius 1 is 1.06 bits per heavy atom. The van der Waals surface area contributed by atoms with E-state index < -0.39 is 0 Å². The number of nitrogens with one attached hydrogen (secondary N) is 1. The highest BCUT2D eigenvalue weighted by atomic mass is 35.5. The van der Waals surface area contributed by atoms with Gasteiger partial charge in [0.2, 0.25) is 5.91 Å². The van der Waals surface area contributed by atoms with Crippen molar-refractivity contribution in [3.63, 3.8) is 0 Å². The molecule has 0 radical (unpaired) electrons. The van der Waals surface area contributed by atoms with E-state index in [0.29, 0.717) is 16.4 Å². The van der Waals surface area contributed by atoms with Crippen molar-refractivity contribution in [2.75, 3.05) is 11.9 Å². The van der Waals surface area contributed by atoms with E-state index in [9.17, 15) is 9.59 Å². The molecule has 0 saturated heterocycles. The fraction of sp³-hybridized carbons (Fsp3) is 0.320. The van der Waals surface area contributed by atoms with Crippen LogP contribution in [0.2, 0.25) is 5.02 Å². The minimum atomic E-state index is -0.309. The number of carbonyl (C=O) groups excluding carboxylic acids is 2. The second kappa shape index (κ2) is 9.57. The molecule has 6 nitrogen and oxygen atoms in total. The van der Waals surface area contributed by atoms with Gasteiger partial charge in [-0.2, -0.15) is 5.10 Å². The second-order valence-corrected chi connectivity index (χ2v) is 9.37. The highest BCUT2D eigenvalue weighted by molar-refractivity contribution is 6.33. The van der Waals surface area contributed by atoms with Gasteiger partial charge < -0.3 is 10.2 Å². The molecule has 1 heterocycles. The van der Waals surface area contributed by atoms with E-state index in [0.717, 1.165) is 11.4 Å². The second-order valence-electron chi connectivity index (χ2n) is 8.97. The summed E-state index contributed by atoms with van der Waals surface area (Å²) in [6, 6.07) is 18.2. The lowest BCUT2D eigenvalue weighted by Crippen LogP contribution is -2.42. The smallest absolute Gasteiger partial charge is 0.256 e. The summed E-state index contributed by atoms with van der Waals surface area (Å²) in [5.74, 6) is -0.0376. The average molecular weight is 453 g/mol. The third-order valence-electron chi connectivity index (χ3n) is 5.05. The third-order valence-corrected chi connectivity index (χ3v) is 5.38. The number of nitrogens with zero attached hydrogens (tertiary/aromatic N) is 3. The van der Waals surface area contributed by atoms with Crippen LogP contribution in [0.4, 0.5) is 5.82 Å². The fourth-order valence-corrected chi connectivity index (χ4v) is 3.43. The number of para-hydroxylation sites is 1. The van der Waals surface area contributed by atoms with Gasteiger partial charge in [0.15, 0.2) is 0 Å². The van der Waals surface area contributed by atoms with Gasteiger partial charge >= 0.3 is 0 Å². The zero-order chi connectivity index (χ0) is 23.5. The number of benzene rings is 2. The van der Waals surface area contributed by atoms with Crippen LogP contribution in [0.5, 0.6) is 0 Å². The Kier molecular flexibility index (Phi) is 7.04. The summed E-state index contributed by atoms with van der Waals surface area (Å²) in [6.07, 6.45) is 0. The van der Waals surface area contributed by atoms with Gasteiger partial charge in [0.25, 0.3) is 5.91 Å². The van der Waals surface area contributed by atoms with E-state index in [4.69, 9.17) is 16.7 Å². The standard InChI is InChI=1S/C25H29ClN4O2/c1-17(2)29(24(32)19-13-9-10-14-20(19)26)16-23(31)27-22-15-21(25(3,4)5)28-30(22)18-11-7-6-8-12-18/h6-15,17H,16H2,1-5H3,(H,27,31). The predicted molar refractivity (Wildman–Crippen MR) is 129 cm³/mol. The lowest BCUT2D eigenvalue weighted by atomic mass is 9.92. The van der Waals surface area contributed by atoms with Crippen LogP contribution in [0.3, 0.4) is 0 Å². The molecule has 168 valence electrons. The van der Waals surface area contributed by atoms with Crippen molar-refractivity contribution in [3.05, 3.63) is 76.9 Å². The molecule has 3 rings (SSSR count). The van der Waals surface area contributed by atoms with Gasteiger partial charge in [0.1, 0.15) is 12.4 Å². The van der Waals surface area contributed by atoms with Gasteiger partial charge in [-0.3, -0.25) is 9.59 Å². The number of anilines is 1. The molecule has 0 aliphatic heterocycles. The molecule has 0 aliphatic carbocycles. The van der Waals surface area contributed by atoms with Crippen LogP contribution in [0, 0.1) is 0 Å². The Bertz CT molecular complexity index is 1100. The maximum absolute atomic E-state index is 13.1. The van der Waals surface area contributed by atoms with E-state index in [1.54, 1.807) is 28.9 Å². The van der Waals surface area contributed by atoms with Crippen molar-refractivity contribution < 1.29 is 9.59 Å². The van der Waals surface area contributed by atoms with E-state index in [1.807, 2.05) is 50.2 Å². The number of rotatable bonds is 6. The summed E-state index contributed by atoms with van der Waals surface area (Å²) in [6.45, 7) is 9.84. The monoisotopic (exact) mass is 452 g/mol. The van der Waals surface area contributed by atoms with E-state index in [-0.39, 0.29) is 29.8 Å². The molecule has 0 unspecified atom stereocenters. The van der Waals surface area contributed by atoms with E-state index in [2.05, 4.69) is 26.1 Å². The van der Waals surface area contributed by atoms with Crippen molar-refractivity contribution in [2.45, 2.75) is 46.1 Å². The first kappa shape index (κ1) is 23.5. The van der Waals surface area contributed by atoms with Crippen molar-refractivity contribution in [1.82, 2.24) is 14.7 Å². The molecule has 0 spiro atoms. The molecule has 32 heavy (non-hydrogen) atoms. The van der Waals surface area contributed by atoms with Gasteiger partial charge in [0, 0.05) is 17.5 Å². The Morgan fingerprint density at radius 2 is 1.69 bits per heavy atom. The molecule has 0 saturated carbocycles.